The Labute approximate surface area is 123 Å². The van der Waals surface area contributed by atoms with Crippen LogP contribution in [-0.2, 0) is 0 Å². The predicted molar refractivity (Wildman–Crippen MR) is 91.7 cm³/mol. The van der Waals surface area contributed by atoms with E-state index in [4.69, 9.17) is 0 Å². The minimum absolute atomic E-state index is 1.25. The van der Waals surface area contributed by atoms with Crippen LogP contribution in [0.4, 0.5) is 0 Å². The summed E-state index contributed by atoms with van der Waals surface area (Å²) >= 11 is 0. The molecule has 1 heteroatoms. The van der Waals surface area contributed by atoms with E-state index in [0.717, 1.165) is 0 Å². The molecule has 0 saturated carbocycles. The lowest BCUT2D eigenvalue weighted by Gasteiger charge is -2.08. The SMILES string of the molecule is C=C.C=CN.Cc1ccc(-c2cccc(C)c2C)cc1. The van der Waals surface area contributed by atoms with E-state index in [-0.39, 0.29) is 0 Å². The van der Waals surface area contributed by atoms with E-state index in [9.17, 15) is 0 Å². The highest BCUT2D eigenvalue weighted by Crippen LogP contribution is 2.25. The fraction of sp³-hybridized carbons (Fsp3) is 0.158. The third-order valence-electron chi connectivity index (χ3n) is 2.97. The van der Waals surface area contributed by atoms with Gasteiger partial charge in [-0.1, -0.05) is 54.6 Å². The minimum atomic E-state index is 1.25. The van der Waals surface area contributed by atoms with Crippen LogP contribution in [0.1, 0.15) is 16.7 Å². The number of rotatable bonds is 1. The maximum absolute atomic E-state index is 4.61. The molecule has 2 aromatic rings. The Bertz CT molecular complexity index is 524. The summed E-state index contributed by atoms with van der Waals surface area (Å²) in [7, 11) is 0. The molecule has 0 aromatic heterocycles. The van der Waals surface area contributed by atoms with Gasteiger partial charge in [0.2, 0.25) is 0 Å². The van der Waals surface area contributed by atoms with Gasteiger partial charge in [-0.3, -0.25) is 0 Å². The molecule has 0 aliphatic carbocycles. The molecular formula is C19H25N. The van der Waals surface area contributed by atoms with Gasteiger partial charge in [0.1, 0.15) is 0 Å². The van der Waals surface area contributed by atoms with Crippen LogP contribution < -0.4 is 5.73 Å². The second kappa shape index (κ2) is 9.62. The first kappa shape index (κ1) is 17.7. The lowest BCUT2D eigenvalue weighted by molar-refractivity contribution is 1.34. The van der Waals surface area contributed by atoms with Gasteiger partial charge in [-0.15, -0.1) is 13.2 Å². The maximum atomic E-state index is 4.61. The monoisotopic (exact) mass is 267 g/mol. The van der Waals surface area contributed by atoms with Crippen LogP contribution in [0.2, 0.25) is 0 Å². The third-order valence-corrected chi connectivity index (χ3v) is 2.97. The zero-order chi connectivity index (χ0) is 15.5. The van der Waals surface area contributed by atoms with Gasteiger partial charge < -0.3 is 5.73 Å². The lowest BCUT2D eigenvalue weighted by Crippen LogP contribution is -1.86. The van der Waals surface area contributed by atoms with E-state index < -0.39 is 0 Å². The molecule has 0 unspecified atom stereocenters. The van der Waals surface area contributed by atoms with E-state index in [0.29, 0.717) is 0 Å². The molecular weight excluding hydrogens is 242 g/mol. The van der Waals surface area contributed by atoms with Crippen LogP contribution in [0, 0.1) is 20.8 Å². The van der Waals surface area contributed by atoms with Crippen molar-refractivity contribution in [3.8, 4) is 11.1 Å². The highest BCUT2D eigenvalue weighted by atomic mass is 14.5. The molecule has 0 bridgehead atoms. The highest BCUT2D eigenvalue weighted by Gasteiger charge is 2.02. The van der Waals surface area contributed by atoms with Gasteiger partial charge in [0.05, 0.1) is 0 Å². The fourth-order valence-corrected chi connectivity index (χ4v) is 1.80. The Morgan fingerprint density at radius 1 is 0.900 bits per heavy atom. The number of aryl methyl sites for hydroxylation is 2. The maximum Gasteiger partial charge on any atom is -0.0136 e. The molecule has 0 aliphatic rings. The standard InChI is InChI=1S/C15H16.C2H5N.C2H4/c1-11-7-9-14(10-8-11)15-6-4-5-12(2)13(15)3;1-2-3;1-2/h4-10H,1-3H3;2H,1,3H2;1-2H2. The van der Waals surface area contributed by atoms with Crippen molar-refractivity contribution in [3.63, 3.8) is 0 Å². The number of hydrogen-bond acceptors (Lipinski definition) is 1. The zero-order valence-electron chi connectivity index (χ0n) is 12.8. The summed E-state index contributed by atoms with van der Waals surface area (Å²) in [6.07, 6.45) is 1.25. The molecule has 2 rings (SSSR count). The normalized spacial score (nSPS) is 8.55. The number of nitrogens with two attached hydrogens (primary N) is 1. The van der Waals surface area contributed by atoms with Crippen molar-refractivity contribution in [1.82, 2.24) is 0 Å². The molecule has 2 N–H and O–H groups in total. The van der Waals surface area contributed by atoms with Crippen LogP contribution in [0.25, 0.3) is 11.1 Å². The van der Waals surface area contributed by atoms with Gasteiger partial charge in [-0.25, -0.2) is 0 Å². The van der Waals surface area contributed by atoms with Gasteiger partial charge in [0, 0.05) is 0 Å². The first-order valence-corrected chi connectivity index (χ1v) is 6.56. The average molecular weight is 267 g/mol. The van der Waals surface area contributed by atoms with Crippen molar-refractivity contribution in [2.45, 2.75) is 20.8 Å². The molecule has 0 fully saturated rings. The summed E-state index contributed by atoms with van der Waals surface area (Å²) in [5.41, 5.74) is 11.3. The molecule has 0 spiro atoms. The zero-order valence-corrected chi connectivity index (χ0v) is 12.8. The summed E-state index contributed by atoms with van der Waals surface area (Å²) in [6.45, 7) is 15.6. The lowest BCUT2D eigenvalue weighted by atomic mass is 9.97. The Hall–Kier alpha value is -2.28. The summed E-state index contributed by atoms with van der Waals surface area (Å²) in [5.74, 6) is 0. The van der Waals surface area contributed by atoms with Crippen LogP contribution in [0.15, 0.2) is 68.4 Å². The molecule has 0 aliphatic heterocycles. The van der Waals surface area contributed by atoms with Gasteiger partial charge in [0.15, 0.2) is 0 Å². The molecule has 1 nitrogen and oxygen atoms in total. The van der Waals surface area contributed by atoms with Gasteiger partial charge in [0.25, 0.3) is 0 Å². The second-order valence-corrected chi connectivity index (χ2v) is 4.35. The summed E-state index contributed by atoms with van der Waals surface area (Å²) in [6, 6.07) is 15.2. The molecule has 106 valence electrons. The number of hydrogen-bond donors (Lipinski definition) is 1. The summed E-state index contributed by atoms with van der Waals surface area (Å²) in [5, 5.41) is 0. The highest BCUT2D eigenvalue weighted by molar-refractivity contribution is 5.68. The topological polar surface area (TPSA) is 26.0 Å². The van der Waals surface area contributed by atoms with E-state index >= 15 is 0 Å². The quantitative estimate of drug-likeness (QED) is 0.709. The molecule has 20 heavy (non-hydrogen) atoms. The van der Waals surface area contributed by atoms with Crippen molar-refractivity contribution in [1.29, 1.82) is 0 Å². The molecule has 0 saturated heterocycles. The van der Waals surface area contributed by atoms with E-state index in [1.54, 1.807) is 0 Å². The van der Waals surface area contributed by atoms with Crippen LogP contribution in [-0.4, -0.2) is 0 Å². The molecule has 0 heterocycles. The Morgan fingerprint density at radius 2 is 1.40 bits per heavy atom. The Morgan fingerprint density at radius 3 is 1.90 bits per heavy atom. The molecule has 0 amide bonds. The third kappa shape index (κ3) is 5.15. The molecule has 2 aromatic carbocycles. The van der Waals surface area contributed by atoms with Crippen molar-refractivity contribution in [2.24, 2.45) is 5.73 Å². The number of benzene rings is 2. The van der Waals surface area contributed by atoms with E-state index in [1.165, 1.54) is 34.0 Å². The first-order valence-electron chi connectivity index (χ1n) is 6.56. The predicted octanol–water partition coefficient (Wildman–Crippen LogP) is 5.17. The van der Waals surface area contributed by atoms with Gasteiger partial charge >= 0.3 is 0 Å². The smallest absolute Gasteiger partial charge is 0.0136 e. The largest absolute Gasteiger partial charge is 0.405 e. The average Bonchev–Trinajstić information content (AvgIpc) is 2.46. The summed E-state index contributed by atoms with van der Waals surface area (Å²) in [4.78, 5) is 0. The molecule has 0 atom stereocenters. The fourth-order valence-electron chi connectivity index (χ4n) is 1.80. The van der Waals surface area contributed by atoms with Crippen molar-refractivity contribution in [2.75, 3.05) is 0 Å². The van der Waals surface area contributed by atoms with Crippen LogP contribution in [0.3, 0.4) is 0 Å². The van der Waals surface area contributed by atoms with Crippen LogP contribution in [0.5, 0.6) is 0 Å². The molecule has 0 radical (unpaired) electrons. The second-order valence-electron chi connectivity index (χ2n) is 4.35. The van der Waals surface area contributed by atoms with Crippen LogP contribution >= 0.6 is 0 Å². The van der Waals surface area contributed by atoms with E-state index in [2.05, 4.69) is 88.7 Å². The minimum Gasteiger partial charge on any atom is -0.405 e. The van der Waals surface area contributed by atoms with E-state index in [1.807, 2.05) is 0 Å². The summed E-state index contributed by atoms with van der Waals surface area (Å²) < 4.78 is 0. The van der Waals surface area contributed by atoms with Crippen molar-refractivity contribution >= 4 is 0 Å². The Balaban J connectivity index is 0.000000641. The van der Waals surface area contributed by atoms with Gasteiger partial charge in [-0.2, -0.15) is 0 Å². The van der Waals surface area contributed by atoms with Gasteiger partial charge in [-0.05, 0) is 49.2 Å². The Kier molecular flexibility index (Phi) is 8.53. The first-order chi connectivity index (χ1) is 9.60. The van der Waals surface area contributed by atoms with Crippen molar-refractivity contribution in [3.05, 3.63) is 85.1 Å². The van der Waals surface area contributed by atoms with Crippen molar-refractivity contribution < 1.29 is 0 Å².